The quantitative estimate of drug-likeness (QED) is 0.264. The molecule has 4 aromatic heterocycles. The molecule has 0 aliphatic heterocycles. The number of H-pyrrole nitrogens is 2. The number of aromatic amines is 2. The maximum atomic E-state index is 6.01. The van der Waals surface area contributed by atoms with Crippen molar-refractivity contribution in [2.24, 2.45) is 0 Å². The Labute approximate surface area is 218 Å². The van der Waals surface area contributed by atoms with Crippen LogP contribution >= 0.6 is 0 Å². The van der Waals surface area contributed by atoms with E-state index in [1.807, 2.05) is 56.0 Å². The van der Waals surface area contributed by atoms with Crippen molar-refractivity contribution in [3.8, 4) is 34.0 Å². The van der Waals surface area contributed by atoms with E-state index >= 15 is 0 Å². The molecule has 0 radical (unpaired) electrons. The second kappa shape index (κ2) is 9.05. The van der Waals surface area contributed by atoms with Crippen LogP contribution in [0.4, 0.5) is 0 Å². The number of fused-ring (bicyclic) bond motifs is 2. The van der Waals surface area contributed by atoms with Crippen LogP contribution < -0.4 is 4.74 Å². The van der Waals surface area contributed by atoms with Gasteiger partial charge in [-0.1, -0.05) is 42.5 Å². The molecule has 7 aromatic rings. The lowest BCUT2D eigenvalue weighted by molar-refractivity contribution is 0.305. The number of ether oxygens (including phenoxy) is 1. The Balaban J connectivity index is 1.24. The second-order valence-electron chi connectivity index (χ2n) is 9.36. The van der Waals surface area contributed by atoms with Crippen molar-refractivity contribution in [3.63, 3.8) is 0 Å². The molecule has 2 N–H and O–H groups in total. The van der Waals surface area contributed by atoms with E-state index < -0.39 is 0 Å². The van der Waals surface area contributed by atoms with Crippen molar-refractivity contribution in [2.45, 2.75) is 13.5 Å². The standard InChI is InChI=1S/C31H24N6O/c1-20-17-37(19-33-20)30-9-5-8-27-25(30)14-29(34-27)31-26-13-22(10-11-28(26)35-36-31)23-12-24(16-32-15-23)38-18-21-6-3-2-4-7-21/h2-17,19,34H,18H2,1H3,(H,35,36). The molecule has 0 fully saturated rings. The third kappa shape index (κ3) is 4.00. The minimum Gasteiger partial charge on any atom is -0.487 e. The predicted octanol–water partition coefficient (Wildman–Crippen LogP) is 6.85. The van der Waals surface area contributed by atoms with Crippen LogP contribution in [0.15, 0.2) is 104 Å². The highest BCUT2D eigenvalue weighted by molar-refractivity contribution is 5.99. The molecule has 184 valence electrons. The van der Waals surface area contributed by atoms with Gasteiger partial charge in [0.15, 0.2) is 0 Å². The van der Waals surface area contributed by atoms with Crippen LogP contribution in [0, 0.1) is 6.92 Å². The van der Waals surface area contributed by atoms with Gasteiger partial charge < -0.3 is 14.3 Å². The molecule has 0 atom stereocenters. The van der Waals surface area contributed by atoms with E-state index in [9.17, 15) is 0 Å². The Morgan fingerprint density at radius 1 is 0.842 bits per heavy atom. The lowest BCUT2D eigenvalue weighted by Crippen LogP contribution is -1.95. The molecule has 0 aliphatic carbocycles. The Hall–Kier alpha value is -5.17. The minimum absolute atomic E-state index is 0.498. The highest BCUT2D eigenvalue weighted by Gasteiger charge is 2.15. The van der Waals surface area contributed by atoms with Gasteiger partial charge in [-0.05, 0) is 54.4 Å². The minimum atomic E-state index is 0.498. The van der Waals surface area contributed by atoms with Crippen LogP contribution in [0.5, 0.6) is 5.75 Å². The Kier molecular flexibility index (Phi) is 5.25. The van der Waals surface area contributed by atoms with Crippen LogP contribution in [0.2, 0.25) is 0 Å². The lowest BCUT2D eigenvalue weighted by atomic mass is 10.0. The number of rotatable bonds is 6. The van der Waals surface area contributed by atoms with Crippen LogP contribution in [0.1, 0.15) is 11.3 Å². The maximum Gasteiger partial charge on any atom is 0.138 e. The molecule has 0 amide bonds. The molecule has 4 heterocycles. The largest absolute Gasteiger partial charge is 0.487 e. The summed E-state index contributed by atoms with van der Waals surface area (Å²) in [5, 5.41) is 9.99. The molecule has 0 aliphatic rings. The van der Waals surface area contributed by atoms with Gasteiger partial charge in [0.2, 0.25) is 0 Å². The number of imidazole rings is 1. The van der Waals surface area contributed by atoms with Crippen molar-refractivity contribution in [3.05, 3.63) is 115 Å². The number of hydrogen-bond donors (Lipinski definition) is 2. The Bertz CT molecular complexity index is 1900. The van der Waals surface area contributed by atoms with Gasteiger partial charge in [0, 0.05) is 34.2 Å². The summed E-state index contributed by atoms with van der Waals surface area (Å²) in [4.78, 5) is 12.4. The first-order valence-electron chi connectivity index (χ1n) is 12.4. The number of nitrogens with zero attached hydrogens (tertiary/aromatic N) is 4. The third-order valence-corrected chi connectivity index (χ3v) is 6.74. The number of pyridine rings is 1. The molecule has 7 rings (SSSR count). The van der Waals surface area contributed by atoms with E-state index in [-0.39, 0.29) is 0 Å². The molecular formula is C31H24N6O. The van der Waals surface area contributed by atoms with Gasteiger partial charge in [0.1, 0.15) is 18.1 Å². The molecule has 0 saturated heterocycles. The summed E-state index contributed by atoms with van der Waals surface area (Å²) in [7, 11) is 0. The Morgan fingerprint density at radius 2 is 1.76 bits per heavy atom. The van der Waals surface area contributed by atoms with Crippen molar-refractivity contribution in [1.82, 2.24) is 29.7 Å². The average Bonchev–Trinajstić information content (AvgIpc) is 3.70. The molecule has 38 heavy (non-hydrogen) atoms. The zero-order valence-corrected chi connectivity index (χ0v) is 20.7. The molecule has 0 saturated carbocycles. The molecule has 3 aromatic carbocycles. The third-order valence-electron chi connectivity index (χ3n) is 6.74. The summed E-state index contributed by atoms with van der Waals surface area (Å²) in [6.45, 7) is 2.49. The van der Waals surface area contributed by atoms with E-state index in [0.717, 1.165) is 67.0 Å². The number of benzene rings is 3. The summed E-state index contributed by atoms with van der Waals surface area (Å²) in [5.41, 5.74) is 9.04. The highest BCUT2D eigenvalue weighted by atomic mass is 16.5. The van der Waals surface area contributed by atoms with Crippen molar-refractivity contribution < 1.29 is 4.74 Å². The fourth-order valence-electron chi connectivity index (χ4n) is 4.84. The van der Waals surface area contributed by atoms with Crippen molar-refractivity contribution >= 4 is 21.8 Å². The fraction of sp³-hybridized carbons (Fsp3) is 0.0645. The van der Waals surface area contributed by atoms with Crippen LogP contribution in [0.3, 0.4) is 0 Å². The van der Waals surface area contributed by atoms with Crippen molar-refractivity contribution in [1.29, 1.82) is 0 Å². The molecule has 0 spiro atoms. The van der Waals surface area contributed by atoms with Gasteiger partial charge >= 0.3 is 0 Å². The lowest BCUT2D eigenvalue weighted by Gasteiger charge is -2.08. The topological polar surface area (TPSA) is 84.4 Å². The summed E-state index contributed by atoms with van der Waals surface area (Å²) < 4.78 is 8.06. The van der Waals surface area contributed by atoms with Crippen LogP contribution in [-0.2, 0) is 6.61 Å². The second-order valence-corrected chi connectivity index (χ2v) is 9.36. The van der Waals surface area contributed by atoms with Gasteiger partial charge in [0.25, 0.3) is 0 Å². The predicted molar refractivity (Wildman–Crippen MR) is 149 cm³/mol. The molecule has 0 unspecified atom stereocenters. The van der Waals surface area contributed by atoms with Crippen LogP contribution in [-0.4, -0.2) is 29.7 Å². The smallest absolute Gasteiger partial charge is 0.138 e. The van der Waals surface area contributed by atoms with E-state index in [4.69, 9.17) is 4.74 Å². The summed E-state index contributed by atoms with van der Waals surface area (Å²) >= 11 is 0. The average molecular weight is 497 g/mol. The number of hydrogen-bond acceptors (Lipinski definition) is 4. The monoisotopic (exact) mass is 496 g/mol. The van der Waals surface area contributed by atoms with Gasteiger partial charge in [-0.3, -0.25) is 10.1 Å². The summed E-state index contributed by atoms with van der Waals surface area (Å²) in [6.07, 6.45) is 7.48. The van der Waals surface area contributed by atoms with E-state index in [0.29, 0.717) is 6.61 Å². The maximum absolute atomic E-state index is 6.01. The number of nitrogens with one attached hydrogen (secondary N) is 2. The molecule has 7 nitrogen and oxygen atoms in total. The fourth-order valence-corrected chi connectivity index (χ4v) is 4.84. The highest BCUT2D eigenvalue weighted by Crippen LogP contribution is 2.34. The van der Waals surface area contributed by atoms with Gasteiger partial charge in [-0.25, -0.2) is 4.98 Å². The zero-order valence-electron chi connectivity index (χ0n) is 20.7. The van der Waals surface area contributed by atoms with Gasteiger partial charge in [-0.2, -0.15) is 5.10 Å². The number of aromatic nitrogens is 6. The molecular weight excluding hydrogens is 472 g/mol. The summed E-state index contributed by atoms with van der Waals surface area (Å²) in [5.74, 6) is 0.733. The summed E-state index contributed by atoms with van der Waals surface area (Å²) in [6, 6.07) is 26.8. The normalized spacial score (nSPS) is 11.4. The van der Waals surface area contributed by atoms with E-state index in [1.165, 1.54) is 0 Å². The SMILES string of the molecule is Cc1cn(-c2cccc3[nH]c(-c4n[nH]c5ccc(-c6cncc(OCc7ccccc7)c6)cc45)cc23)cn1. The van der Waals surface area contributed by atoms with E-state index in [1.54, 1.807) is 6.20 Å². The molecule has 7 heteroatoms. The first-order valence-corrected chi connectivity index (χ1v) is 12.4. The van der Waals surface area contributed by atoms with Crippen LogP contribution in [0.25, 0.3) is 50.0 Å². The first kappa shape index (κ1) is 22.1. The van der Waals surface area contributed by atoms with Gasteiger partial charge in [0.05, 0.1) is 35.1 Å². The van der Waals surface area contributed by atoms with E-state index in [2.05, 4.69) is 78.2 Å². The Morgan fingerprint density at radius 3 is 2.63 bits per heavy atom. The zero-order chi connectivity index (χ0) is 25.5. The molecule has 0 bridgehead atoms. The number of aryl methyl sites for hydroxylation is 1. The van der Waals surface area contributed by atoms with Gasteiger partial charge in [-0.15, -0.1) is 0 Å². The van der Waals surface area contributed by atoms with Crippen molar-refractivity contribution in [2.75, 3.05) is 0 Å². The first-order chi connectivity index (χ1) is 18.7.